The van der Waals surface area contributed by atoms with Crippen molar-refractivity contribution < 1.29 is 22.7 Å². The quantitative estimate of drug-likeness (QED) is 0.161. The number of nitrogens with one attached hydrogen (secondary N) is 1. The average molecular weight is 669 g/mol. The van der Waals surface area contributed by atoms with Crippen LogP contribution in [0.3, 0.4) is 0 Å². The number of nitrogens with zero attached hydrogens (tertiary/aromatic N) is 2. The highest BCUT2D eigenvalue weighted by Crippen LogP contribution is 2.29. The Morgan fingerprint density at radius 3 is 2.04 bits per heavy atom. The summed E-state index contributed by atoms with van der Waals surface area (Å²) >= 11 is 12.5. The van der Waals surface area contributed by atoms with Crippen LogP contribution < -0.4 is 14.4 Å². The summed E-state index contributed by atoms with van der Waals surface area (Å²) in [5.41, 5.74) is 0.797. The van der Waals surface area contributed by atoms with Crippen molar-refractivity contribution in [3.8, 4) is 11.5 Å². The molecule has 4 aromatic carbocycles. The molecule has 0 unspecified atom stereocenters. The summed E-state index contributed by atoms with van der Waals surface area (Å²) in [6.45, 7) is 4.78. The van der Waals surface area contributed by atoms with Gasteiger partial charge in [0, 0.05) is 22.6 Å². The molecule has 0 aliphatic carbocycles. The molecule has 0 radical (unpaired) electrons. The minimum atomic E-state index is -4.21. The van der Waals surface area contributed by atoms with Crippen LogP contribution in [0.15, 0.2) is 108 Å². The first kappa shape index (κ1) is 33.8. The first-order valence-electron chi connectivity index (χ1n) is 14.4. The number of anilines is 1. The van der Waals surface area contributed by atoms with Gasteiger partial charge in [0.1, 0.15) is 24.1 Å². The van der Waals surface area contributed by atoms with E-state index in [0.29, 0.717) is 33.5 Å². The molecule has 0 heterocycles. The van der Waals surface area contributed by atoms with E-state index in [1.165, 1.54) is 17.0 Å². The highest BCUT2D eigenvalue weighted by molar-refractivity contribution is 7.92. The fourth-order valence-electron chi connectivity index (χ4n) is 4.44. The lowest BCUT2D eigenvalue weighted by Gasteiger charge is -2.32. The molecule has 8 nitrogen and oxygen atoms in total. The fraction of sp³-hybridized carbons (Fsp3) is 0.235. The third-order valence-corrected chi connectivity index (χ3v) is 9.61. The number of halogens is 2. The van der Waals surface area contributed by atoms with Crippen LogP contribution in [-0.4, -0.2) is 43.8 Å². The number of ether oxygens (including phenoxy) is 1. The lowest BCUT2D eigenvalue weighted by Crippen LogP contribution is -2.52. The van der Waals surface area contributed by atoms with E-state index in [4.69, 9.17) is 27.9 Å². The Labute approximate surface area is 274 Å². The van der Waals surface area contributed by atoms with Gasteiger partial charge in [0.2, 0.25) is 11.8 Å². The monoisotopic (exact) mass is 667 g/mol. The number of carbonyl (C=O) groups excluding carboxylic acids is 2. The first-order chi connectivity index (χ1) is 21.5. The Morgan fingerprint density at radius 2 is 1.44 bits per heavy atom. The molecule has 0 saturated heterocycles. The standard InChI is InChI=1S/C34H35Cl2N3O5S/c1-4-24(2)37-34(41)25(3)38(22-26-15-16-27(35)21-32(26)36)33(40)23-39(45(42,43)31-13-9-6-10-14-31)28-17-19-30(20-18-28)44-29-11-7-5-8-12-29/h5-21,24-25H,4,22-23H2,1-3H3,(H,37,41)/t24-,25+/m1/s1. The molecule has 0 aliphatic rings. The van der Waals surface area contributed by atoms with Crippen molar-refractivity contribution in [2.75, 3.05) is 10.8 Å². The van der Waals surface area contributed by atoms with Crippen molar-refractivity contribution in [3.63, 3.8) is 0 Å². The molecule has 11 heteroatoms. The fourth-order valence-corrected chi connectivity index (χ4v) is 6.34. The number of amides is 2. The molecule has 2 atom stereocenters. The smallest absolute Gasteiger partial charge is 0.264 e. The number of hydrogen-bond donors (Lipinski definition) is 1. The molecular formula is C34H35Cl2N3O5S. The summed E-state index contributed by atoms with van der Waals surface area (Å²) in [5, 5.41) is 3.65. The zero-order valence-electron chi connectivity index (χ0n) is 25.2. The summed E-state index contributed by atoms with van der Waals surface area (Å²) in [6.07, 6.45) is 0.697. The van der Waals surface area contributed by atoms with Crippen LogP contribution in [0.5, 0.6) is 11.5 Å². The minimum absolute atomic E-state index is 0.0114. The maximum absolute atomic E-state index is 14.1. The Balaban J connectivity index is 1.70. The topological polar surface area (TPSA) is 96.0 Å². The average Bonchev–Trinajstić information content (AvgIpc) is 3.04. The second-order valence-electron chi connectivity index (χ2n) is 10.5. The van der Waals surface area contributed by atoms with E-state index < -0.39 is 28.5 Å². The van der Waals surface area contributed by atoms with Gasteiger partial charge in [-0.3, -0.25) is 13.9 Å². The maximum atomic E-state index is 14.1. The number of carbonyl (C=O) groups is 2. The van der Waals surface area contributed by atoms with E-state index in [1.807, 2.05) is 32.0 Å². The van der Waals surface area contributed by atoms with Crippen molar-refractivity contribution in [3.05, 3.63) is 119 Å². The lowest BCUT2D eigenvalue weighted by molar-refractivity contribution is -0.139. The molecular weight excluding hydrogens is 633 g/mol. The van der Waals surface area contributed by atoms with Gasteiger partial charge in [-0.15, -0.1) is 0 Å². The lowest BCUT2D eigenvalue weighted by atomic mass is 10.1. The number of benzene rings is 4. The second-order valence-corrected chi connectivity index (χ2v) is 13.2. The van der Waals surface area contributed by atoms with Crippen LogP contribution in [-0.2, 0) is 26.2 Å². The van der Waals surface area contributed by atoms with Gasteiger partial charge in [0.05, 0.1) is 10.6 Å². The highest BCUT2D eigenvalue weighted by atomic mass is 35.5. The zero-order valence-corrected chi connectivity index (χ0v) is 27.5. The Kier molecular flexibility index (Phi) is 11.5. The van der Waals surface area contributed by atoms with E-state index in [2.05, 4.69) is 5.32 Å². The van der Waals surface area contributed by atoms with Crippen LogP contribution in [0.4, 0.5) is 5.69 Å². The minimum Gasteiger partial charge on any atom is -0.457 e. The van der Waals surface area contributed by atoms with Gasteiger partial charge in [-0.25, -0.2) is 8.42 Å². The van der Waals surface area contributed by atoms with E-state index >= 15 is 0 Å². The molecule has 0 bridgehead atoms. The molecule has 4 rings (SSSR count). The highest BCUT2D eigenvalue weighted by Gasteiger charge is 2.33. The third-order valence-electron chi connectivity index (χ3n) is 7.24. The van der Waals surface area contributed by atoms with Gasteiger partial charge in [-0.05, 0) is 86.5 Å². The van der Waals surface area contributed by atoms with Gasteiger partial charge in [-0.1, -0.05) is 72.6 Å². The van der Waals surface area contributed by atoms with Crippen LogP contribution in [0.25, 0.3) is 0 Å². The number of hydrogen-bond acceptors (Lipinski definition) is 5. The SMILES string of the molecule is CC[C@@H](C)NC(=O)[C@H](C)N(Cc1ccc(Cl)cc1Cl)C(=O)CN(c1ccc(Oc2ccccc2)cc1)S(=O)(=O)c1ccccc1. The first-order valence-corrected chi connectivity index (χ1v) is 16.6. The summed E-state index contributed by atoms with van der Waals surface area (Å²) < 4.78 is 34.9. The molecule has 0 aromatic heterocycles. The number of rotatable bonds is 13. The molecule has 2 amide bonds. The van der Waals surface area contributed by atoms with Gasteiger partial charge >= 0.3 is 0 Å². The summed E-state index contributed by atoms with van der Waals surface area (Å²) in [6, 6.07) is 27.2. The largest absolute Gasteiger partial charge is 0.457 e. The van der Waals surface area contributed by atoms with Gasteiger partial charge in [0.15, 0.2) is 0 Å². The van der Waals surface area contributed by atoms with E-state index in [0.717, 1.165) is 4.31 Å². The second kappa shape index (κ2) is 15.3. The van der Waals surface area contributed by atoms with Crippen LogP contribution in [0, 0.1) is 0 Å². The summed E-state index contributed by atoms with van der Waals surface area (Å²) in [4.78, 5) is 28.7. The molecule has 0 saturated carbocycles. The van der Waals surface area contributed by atoms with E-state index in [-0.39, 0.29) is 29.1 Å². The van der Waals surface area contributed by atoms with Gasteiger partial charge in [0.25, 0.3) is 10.0 Å². The predicted octanol–water partition coefficient (Wildman–Crippen LogP) is 7.31. The van der Waals surface area contributed by atoms with E-state index in [9.17, 15) is 18.0 Å². The van der Waals surface area contributed by atoms with Gasteiger partial charge < -0.3 is 15.0 Å². The Hall–Kier alpha value is -4.05. The van der Waals surface area contributed by atoms with Crippen molar-refractivity contribution in [2.45, 2.75) is 50.7 Å². The molecule has 0 fully saturated rings. The molecule has 236 valence electrons. The molecule has 45 heavy (non-hydrogen) atoms. The zero-order chi connectivity index (χ0) is 32.6. The molecule has 0 aliphatic heterocycles. The Morgan fingerprint density at radius 1 is 0.844 bits per heavy atom. The Bertz CT molecular complexity index is 1710. The van der Waals surface area contributed by atoms with Crippen LogP contribution >= 0.6 is 23.2 Å². The molecule has 1 N–H and O–H groups in total. The number of sulfonamides is 1. The van der Waals surface area contributed by atoms with Crippen molar-refractivity contribution >= 4 is 50.7 Å². The number of para-hydroxylation sites is 1. The van der Waals surface area contributed by atoms with Crippen LogP contribution in [0.2, 0.25) is 10.0 Å². The van der Waals surface area contributed by atoms with Crippen molar-refractivity contribution in [1.29, 1.82) is 0 Å². The maximum Gasteiger partial charge on any atom is 0.264 e. The van der Waals surface area contributed by atoms with E-state index in [1.54, 1.807) is 79.7 Å². The van der Waals surface area contributed by atoms with Crippen molar-refractivity contribution in [1.82, 2.24) is 10.2 Å². The third kappa shape index (κ3) is 8.78. The summed E-state index contributed by atoms with van der Waals surface area (Å²) in [5.74, 6) is 0.137. The van der Waals surface area contributed by atoms with Crippen molar-refractivity contribution in [2.24, 2.45) is 0 Å². The normalized spacial score (nSPS) is 12.6. The van der Waals surface area contributed by atoms with Crippen LogP contribution in [0.1, 0.15) is 32.8 Å². The predicted molar refractivity (Wildman–Crippen MR) is 178 cm³/mol. The molecule has 0 spiro atoms. The van der Waals surface area contributed by atoms with Gasteiger partial charge in [-0.2, -0.15) is 0 Å². The molecule has 4 aromatic rings. The summed E-state index contributed by atoms with van der Waals surface area (Å²) in [7, 11) is -4.21.